The first kappa shape index (κ1) is 42.5. The van der Waals surface area contributed by atoms with E-state index in [-0.39, 0.29) is 0 Å². The monoisotopic (exact) mass is 958 g/mol. The molecule has 0 fully saturated rings. The number of benzene rings is 11. The van der Waals surface area contributed by atoms with Gasteiger partial charge >= 0.3 is 0 Å². The van der Waals surface area contributed by atoms with E-state index >= 15 is 0 Å². The Bertz CT molecular complexity index is 4650. The Kier molecular flexibility index (Phi) is 9.78. The van der Waals surface area contributed by atoms with Crippen molar-refractivity contribution in [1.29, 1.82) is 0 Å². The zero-order valence-electron chi connectivity index (χ0n) is 40.4. The molecule has 350 valence electrons. The van der Waals surface area contributed by atoms with E-state index in [4.69, 9.17) is 23.8 Å². The van der Waals surface area contributed by atoms with Crippen molar-refractivity contribution < 1.29 is 8.83 Å². The molecule has 0 aliphatic carbocycles. The third kappa shape index (κ3) is 7.14. The third-order valence-electron chi connectivity index (χ3n) is 14.7. The molecular weight excluding hydrogens is 917 g/mol. The summed E-state index contributed by atoms with van der Waals surface area (Å²) in [7, 11) is 0. The second kappa shape index (κ2) is 17.3. The molecule has 4 aromatic heterocycles. The molecule has 0 atom stereocenters. The maximum absolute atomic E-state index is 6.88. The fourth-order valence-corrected chi connectivity index (χ4v) is 11.1. The number of hydrogen-bond acceptors (Lipinski definition) is 5. The minimum Gasteiger partial charge on any atom is -0.456 e. The van der Waals surface area contributed by atoms with Gasteiger partial charge in [0.15, 0.2) is 17.5 Å². The summed E-state index contributed by atoms with van der Waals surface area (Å²) in [5.74, 6) is 1.85. The van der Waals surface area contributed by atoms with Crippen LogP contribution in [0.2, 0.25) is 0 Å². The highest BCUT2D eigenvalue weighted by molar-refractivity contribution is 6.17. The molecule has 4 heterocycles. The van der Waals surface area contributed by atoms with E-state index in [1.165, 1.54) is 21.9 Å². The molecule has 0 aliphatic rings. The summed E-state index contributed by atoms with van der Waals surface area (Å²) in [6.45, 7) is 0. The Labute approximate surface area is 431 Å². The molecule has 0 bridgehead atoms. The van der Waals surface area contributed by atoms with Gasteiger partial charge in [0.25, 0.3) is 0 Å². The lowest BCUT2D eigenvalue weighted by molar-refractivity contribution is 0.669. The molecule has 0 aliphatic heterocycles. The van der Waals surface area contributed by atoms with E-state index in [0.717, 1.165) is 111 Å². The molecule has 0 saturated heterocycles. The van der Waals surface area contributed by atoms with Crippen LogP contribution in [0.4, 0.5) is 0 Å². The van der Waals surface area contributed by atoms with Crippen LogP contribution in [0.5, 0.6) is 0 Å². The van der Waals surface area contributed by atoms with Crippen LogP contribution in [-0.2, 0) is 0 Å². The summed E-state index contributed by atoms with van der Waals surface area (Å²) in [6.07, 6.45) is 0. The van der Waals surface area contributed by atoms with Crippen LogP contribution >= 0.6 is 0 Å². The van der Waals surface area contributed by atoms with Crippen LogP contribution in [-0.4, -0.2) is 19.5 Å². The lowest BCUT2D eigenvalue weighted by atomic mass is 9.92. The van der Waals surface area contributed by atoms with Gasteiger partial charge in [0.1, 0.15) is 22.3 Å². The minimum absolute atomic E-state index is 0.605. The van der Waals surface area contributed by atoms with Crippen molar-refractivity contribution in [3.05, 3.63) is 255 Å². The molecule has 0 N–H and O–H groups in total. The van der Waals surface area contributed by atoms with Gasteiger partial charge in [-0.15, -0.1) is 0 Å². The predicted molar refractivity (Wildman–Crippen MR) is 307 cm³/mol. The molecule has 0 spiro atoms. The molecular formula is C69H42N4O2. The molecule has 0 radical (unpaired) electrons. The van der Waals surface area contributed by atoms with Crippen LogP contribution in [0.25, 0.3) is 150 Å². The van der Waals surface area contributed by atoms with E-state index in [2.05, 4.69) is 193 Å². The van der Waals surface area contributed by atoms with Crippen molar-refractivity contribution in [2.45, 2.75) is 0 Å². The maximum atomic E-state index is 6.88. The van der Waals surface area contributed by atoms with Crippen molar-refractivity contribution in [2.75, 3.05) is 0 Å². The van der Waals surface area contributed by atoms with E-state index in [1.54, 1.807) is 0 Å². The van der Waals surface area contributed by atoms with Gasteiger partial charge < -0.3 is 13.4 Å². The van der Waals surface area contributed by atoms with Crippen LogP contribution in [0.15, 0.2) is 264 Å². The average molecular weight is 959 g/mol. The highest BCUT2D eigenvalue weighted by Crippen LogP contribution is 2.45. The summed E-state index contributed by atoms with van der Waals surface area (Å²) >= 11 is 0. The predicted octanol–water partition coefficient (Wildman–Crippen LogP) is 18.4. The quantitative estimate of drug-likeness (QED) is 0.152. The van der Waals surface area contributed by atoms with E-state index in [1.807, 2.05) is 66.7 Å². The number of nitrogens with zero attached hydrogens (tertiary/aromatic N) is 4. The molecule has 0 unspecified atom stereocenters. The van der Waals surface area contributed by atoms with Crippen molar-refractivity contribution in [2.24, 2.45) is 0 Å². The van der Waals surface area contributed by atoms with Gasteiger partial charge in [-0.25, -0.2) is 15.0 Å². The largest absolute Gasteiger partial charge is 0.456 e. The highest BCUT2D eigenvalue weighted by Gasteiger charge is 2.22. The van der Waals surface area contributed by atoms with Gasteiger partial charge in [-0.1, -0.05) is 188 Å². The zero-order chi connectivity index (χ0) is 49.4. The normalized spacial score (nSPS) is 11.7. The Hall–Kier alpha value is -10.2. The van der Waals surface area contributed by atoms with Crippen LogP contribution in [0.1, 0.15) is 0 Å². The van der Waals surface area contributed by atoms with Crippen molar-refractivity contribution in [3.8, 4) is 84.4 Å². The second-order valence-corrected chi connectivity index (χ2v) is 19.1. The lowest BCUT2D eigenvalue weighted by Gasteiger charge is -2.12. The Morgan fingerprint density at radius 2 is 0.760 bits per heavy atom. The standard InChI is InChI=1S/C69H42N4O2/c1-4-17-43(18-5-1)47-33-37-59-56(41-47)54-27-10-12-29-58(54)73(59)60-30-16-32-63-65(60)57-42-48(34-38-62(57)74-63)46-23-14-25-50(39-46)53-36-35-52(64-55-28-11-13-31-61(55)75-66(53)64)49-24-15-26-51(40-49)69-71-67(44-19-6-2-7-20-44)70-68(72-69)45-21-8-3-9-22-45/h1-42H. The van der Waals surface area contributed by atoms with Gasteiger partial charge in [0.05, 0.1) is 22.1 Å². The number of rotatable bonds is 8. The number of para-hydroxylation sites is 2. The van der Waals surface area contributed by atoms with Crippen molar-refractivity contribution >= 4 is 65.7 Å². The first-order valence-electron chi connectivity index (χ1n) is 25.2. The number of fused-ring (bicyclic) bond motifs is 9. The van der Waals surface area contributed by atoms with Gasteiger partial charge in [-0.2, -0.15) is 0 Å². The Balaban J connectivity index is 0.840. The highest BCUT2D eigenvalue weighted by atomic mass is 16.3. The smallest absolute Gasteiger partial charge is 0.164 e. The molecule has 6 nitrogen and oxygen atoms in total. The molecule has 75 heavy (non-hydrogen) atoms. The minimum atomic E-state index is 0.605. The Morgan fingerprint density at radius 3 is 1.52 bits per heavy atom. The van der Waals surface area contributed by atoms with Crippen molar-refractivity contribution in [1.82, 2.24) is 19.5 Å². The van der Waals surface area contributed by atoms with Crippen LogP contribution in [0, 0.1) is 0 Å². The maximum Gasteiger partial charge on any atom is 0.164 e. The van der Waals surface area contributed by atoms with Crippen LogP contribution in [0.3, 0.4) is 0 Å². The SMILES string of the molecule is c1ccc(-c2ccc3c(c2)c2ccccc2n3-c2cccc3oc4ccc(-c5cccc(-c6ccc(-c7cccc(-c8nc(-c9ccccc9)nc(-c9ccccc9)n8)c7)c7c6oc6ccccc67)c5)cc4c23)cc1. The summed E-state index contributed by atoms with van der Waals surface area (Å²) < 4.78 is 15.9. The van der Waals surface area contributed by atoms with Gasteiger partial charge in [0.2, 0.25) is 0 Å². The molecule has 6 heteroatoms. The van der Waals surface area contributed by atoms with E-state index in [0.29, 0.717) is 17.5 Å². The summed E-state index contributed by atoms with van der Waals surface area (Å²) in [4.78, 5) is 15.0. The molecule has 15 aromatic rings. The van der Waals surface area contributed by atoms with Gasteiger partial charge in [-0.3, -0.25) is 0 Å². The third-order valence-corrected chi connectivity index (χ3v) is 14.7. The molecule has 0 amide bonds. The zero-order valence-corrected chi connectivity index (χ0v) is 40.4. The number of furan rings is 2. The number of hydrogen-bond donors (Lipinski definition) is 0. The topological polar surface area (TPSA) is 69.9 Å². The van der Waals surface area contributed by atoms with Gasteiger partial charge in [0, 0.05) is 49.2 Å². The first-order chi connectivity index (χ1) is 37.2. The fraction of sp³-hybridized carbons (Fsp3) is 0. The molecule has 11 aromatic carbocycles. The summed E-state index contributed by atoms with van der Waals surface area (Å²) in [6, 6.07) is 89.3. The summed E-state index contributed by atoms with van der Waals surface area (Å²) in [5, 5.41) is 6.67. The lowest BCUT2D eigenvalue weighted by Crippen LogP contribution is -2.00. The van der Waals surface area contributed by atoms with Crippen LogP contribution < -0.4 is 0 Å². The Morgan fingerprint density at radius 1 is 0.267 bits per heavy atom. The second-order valence-electron chi connectivity index (χ2n) is 19.1. The van der Waals surface area contributed by atoms with E-state index < -0.39 is 0 Å². The molecule has 15 rings (SSSR count). The first-order valence-corrected chi connectivity index (χ1v) is 25.2. The molecule has 0 saturated carbocycles. The van der Waals surface area contributed by atoms with Crippen molar-refractivity contribution in [3.63, 3.8) is 0 Å². The average Bonchev–Trinajstić information content (AvgIpc) is 4.20. The summed E-state index contributed by atoms with van der Waals surface area (Å²) in [5.41, 5.74) is 18.2. The number of aromatic nitrogens is 4. The van der Waals surface area contributed by atoms with E-state index in [9.17, 15) is 0 Å². The fourth-order valence-electron chi connectivity index (χ4n) is 11.1. The van der Waals surface area contributed by atoms with Gasteiger partial charge in [-0.05, 0) is 106 Å².